The van der Waals surface area contributed by atoms with E-state index in [1.165, 1.54) is 0 Å². The van der Waals surface area contributed by atoms with Gasteiger partial charge in [0.2, 0.25) is 0 Å². The molecule has 0 saturated carbocycles. The van der Waals surface area contributed by atoms with Crippen LogP contribution in [0.25, 0.3) is 0 Å². The Hall–Kier alpha value is -0.590. The Kier molecular flexibility index (Phi) is 0.748. The number of carbonyl (C=O) groups excluding carboxylic acids is 1. The summed E-state index contributed by atoms with van der Waals surface area (Å²) >= 11 is 0. The van der Waals surface area contributed by atoms with Crippen molar-refractivity contribution in [1.29, 1.82) is 0 Å². The predicted octanol–water partition coefficient (Wildman–Crippen LogP) is 0.905. The number of allylic oxidation sites excluding steroid dienone is 2. The van der Waals surface area contributed by atoms with Gasteiger partial charge in [0.1, 0.15) is 0 Å². The third kappa shape index (κ3) is 0.482. The Morgan fingerprint density at radius 1 is 1.67 bits per heavy atom. The summed E-state index contributed by atoms with van der Waals surface area (Å²) in [6.45, 7) is 0. The first-order valence-corrected chi connectivity index (χ1v) is 2.09. The van der Waals surface area contributed by atoms with Crippen LogP contribution >= 0.6 is 0 Å². The fourth-order valence-electron chi connectivity index (χ4n) is 0.524. The molecule has 0 aromatic rings. The van der Waals surface area contributed by atoms with Gasteiger partial charge in [-0.3, -0.25) is 4.79 Å². The number of rotatable bonds is 0. The zero-order valence-electron chi connectivity index (χ0n) is 3.48. The molecule has 0 aromatic heterocycles. The molecule has 0 aromatic carbocycles. The van der Waals surface area contributed by atoms with E-state index in [0.717, 1.165) is 12.8 Å². The van der Waals surface area contributed by atoms with Crippen LogP contribution in [0.15, 0.2) is 12.2 Å². The molecule has 0 unspecified atom stereocenters. The molecule has 0 N–H and O–H groups in total. The van der Waals surface area contributed by atoms with E-state index in [2.05, 4.69) is 0 Å². The highest BCUT2D eigenvalue weighted by atomic mass is 16.1. The smallest absolute Gasteiger partial charge is 0.155 e. The molecule has 0 fully saturated rings. The summed E-state index contributed by atoms with van der Waals surface area (Å²) in [5.41, 5.74) is 0. The zero-order valence-corrected chi connectivity index (χ0v) is 3.48. The van der Waals surface area contributed by atoms with Crippen LogP contribution in [0.2, 0.25) is 0 Å². The average Bonchev–Trinajstić information content (AvgIpc) is 1.86. The molecule has 1 rings (SSSR count). The van der Waals surface area contributed by atoms with Crippen molar-refractivity contribution in [1.82, 2.24) is 0 Å². The second-order valence-corrected chi connectivity index (χ2v) is 1.41. The lowest BCUT2D eigenvalue weighted by atomic mass is 10.4. The lowest BCUT2D eigenvalue weighted by Gasteiger charge is -1.71. The van der Waals surface area contributed by atoms with Crippen LogP contribution in [0.5, 0.6) is 0 Å². The van der Waals surface area contributed by atoms with Crippen LogP contribution in [0, 0.1) is 0 Å². The van der Waals surface area contributed by atoms with E-state index in [4.69, 9.17) is 0 Å². The summed E-state index contributed by atoms with van der Waals surface area (Å²) < 4.78 is 0. The summed E-state index contributed by atoms with van der Waals surface area (Å²) in [5, 5.41) is 0. The van der Waals surface area contributed by atoms with Crippen LogP contribution < -0.4 is 0 Å². The standard InChI is InChI=1S/C5H6O/c6-5-3-1-2-4-5/h1,3H,2,4H2/i3+1. The maximum atomic E-state index is 10.2. The first-order chi connectivity index (χ1) is 2.89. The van der Waals surface area contributed by atoms with Crippen molar-refractivity contribution in [3.63, 3.8) is 0 Å². The molecule has 1 aliphatic rings. The van der Waals surface area contributed by atoms with E-state index >= 15 is 0 Å². The van der Waals surface area contributed by atoms with Crippen LogP contribution in [0.1, 0.15) is 12.8 Å². The molecule has 0 spiro atoms. The largest absolute Gasteiger partial charge is 0.295 e. The van der Waals surface area contributed by atoms with E-state index in [-0.39, 0.29) is 5.78 Å². The Bertz CT molecular complexity index is 92.1. The van der Waals surface area contributed by atoms with Crippen molar-refractivity contribution in [2.75, 3.05) is 0 Å². The van der Waals surface area contributed by atoms with Crippen molar-refractivity contribution in [3.8, 4) is 0 Å². The van der Waals surface area contributed by atoms with E-state index < -0.39 is 0 Å². The van der Waals surface area contributed by atoms with Crippen LogP contribution in [0.3, 0.4) is 0 Å². The summed E-state index contributed by atoms with van der Waals surface area (Å²) in [7, 11) is 0. The number of ketones is 1. The monoisotopic (exact) mass is 83.0 g/mol. The van der Waals surface area contributed by atoms with Gasteiger partial charge in [-0.05, 0) is 12.5 Å². The van der Waals surface area contributed by atoms with Crippen LogP contribution in [0.4, 0.5) is 0 Å². The molecule has 32 valence electrons. The van der Waals surface area contributed by atoms with Gasteiger partial charge in [0.15, 0.2) is 5.78 Å². The molecule has 0 saturated heterocycles. The number of hydrogen-bond acceptors (Lipinski definition) is 1. The Balaban J connectivity index is 2.59. The maximum absolute atomic E-state index is 10.2. The van der Waals surface area contributed by atoms with Gasteiger partial charge in [-0.2, -0.15) is 0 Å². The van der Waals surface area contributed by atoms with Gasteiger partial charge in [0.05, 0.1) is 0 Å². The Labute approximate surface area is 36.7 Å². The molecule has 0 aliphatic heterocycles. The van der Waals surface area contributed by atoms with Gasteiger partial charge >= 0.3 is 0 Å². The molecular weight excluding hydrogens is 77.0 g/mol. The lowest BCUT2D eigenvalue weighted by Crippen LogP contribution is -1.80. The average molecular weight is 83.1 g/mol. The lowest BCUT2D eigenvalue weighted by molar-refractivity contribution is -0.114. The second kappa shape index (κ2) is 1.25. The molecule has 6 heavy (non-hydrogen) atoms. The molecule has 1 heteroatoms. The third-order valence-corrected chi connectivity index (χ3v) is 0.861. The maximum Gasteiger partial charge on any atom is 0.155 e. The molecule has 1 aliphatic carbocycles. The minimum Gasteiger partial charge on any atom is -0.295 e. The highest BCUT2D eigenvalue weighted by molar-refractivity contribution is 5.91. The van der Waals surface area contributed by atoms with Gasteiger partial charge in [0, 0.05) is 6.42 Å². The van der Waals surface area contributed by atoms with Gasteiger partial charge < -0.3 is 0 Å². The van der Waals surface area contributed by atoms with Gasteiger partial charge in [-0.15, -0.1) is 0 Å². The highest BCUT2D eigenvalue weighted by Gasteiger charge is 1.98. The summed E-state index contributed by atoms with van der Waals surface area (Å²) in [5.74, 6) is 0.273. The minimum absolute atomic E-state index is 0.273. The second-order valence-electron chi connectivity index (χ2n) is 1.41. The zero-order chi connectivity index (χ0) is 4.41. The number of hydrogen-bond donors (Lipinski definition) is 0. The topological polar surface area (TPSA) is 17.1 Å². The molecule has 0 bridgehead atoms. The SMILES string of the molecule is O=C1CCC=[13CH]1. The molecule has 0 amide bonds. The fraction of sp³-hybridized carbons (Fsp3) is 0.400. The van der Waals surface area contributed by atoms with E-state index in [1.54, 1.807) is 6.08 Å². The first-order valence-electron chi connectivity index (χ1n) is 2.09. The van der Waals surface area contributed by atoms with Crippen molar-refractivity contribution in [2.45, 2.75) is 12.8 Å². The highest BCUT2D eigenvalue weighted by Crippen LogP contribution is 2.01. The van der Waals surface area contributed by atoms with Crippen LogP contribution in [-0.2, 0) is 4.79 Å². The molecular formula is C5H6O. The van der Waals surface area contributed by atoms with Gasteiger partial charge in [-0.1, -0.05) is 6.08 Å². The Morgan fingerprint density at radius 2 is 2.50 bits per heavy atom. The molecule has 1 nitrogen and oxygen atoms in total. The minimum atomic E-state index is 0.273. The molecule has 0 heterocycles. The van der Waals surface area contributed by atoms with Gasteiger partial charge in [-0.25, -0.2) is 0 Å². The first kappa shape index (κ1) is 3.59. The van der Waals surface area contributed by atoms with Crippen molar-refractivity contribution >= 4 is 5.78 Å². The number of carbonyl (C=O) groups is 1. The molecule has 0 atom stereocenters. The summed E-state index contributed by atoms with van der Waals surface area (Å²) in [6, 6.07) is 0. The van der Waals surface area contributed by atoms with Gasteiger partial charge in [0.25, 0.3) is 0 Å². The third-order valence-electron chi connectivity index (χ3n) is 0.861. The molecule has 0 radical (unpaired) electrons. The van der Waals surface area contributed by atoms with Crippen molar-refractivity contribution in [3.05, 3.63) is 12.2 Å². The normalized spacial score (nSPS) is 19.7. The van der Waals surface area contributed by atoms with Crippen molar-refractivity contribution < 1.29 is 4.79 Å². The van der Waals surface area contributed by atoms with Crippen molar-refractivity contribution in [2.24, 2.45) is 0 Å². The van der Waals surface area contributed by atoms with E-state index in [1.807, 2.05) is 6.08 Å². The summed E-state index contributed by atoms with van der Waals surface area (Å²) in [4.78, 5) is 10.2. The van der Waals surface area contributed by atoms with E-state index in [0.29, 0.717) is 0 Å². The predicted molar refractivity (Wildman–Crippen MR) is 23.4 cm³/mol. The summed E-state index contributed by atoms with van der Waals surface area (Å²) in [6.07, 6.45) is 5.24. The fourth-order valence-corrected chi connectivity index (χ4v) is 0.524. The Morgan fingerprint density at radius 3 is 2.67 bits per heavy atom. The van der Waals surface area contributed by atoms with Crippen LogP contribution in [-0.4, -0.2) is 5.78 Å². The quantitative estimate of drug-likeness (QED) is 0.398. The van der Waals surface area contributed by atoms with E-state index in [9.17, 15) is 4.79 Å².